The van der Waals surface area contributed by atoms with Crippen LogP contribution in [0, 0.1) is 0 Å². The molecule has 0 fully saturated rings. The zero-order chi connectivity index (χ0) is 11.5. The van der Waals surface area contributed by atoms with Gasteiger partial charge in [0, 0.05) is 6.42 Å². The monoisotopic (exact) mass is 220 g/mol. The zero-order valence-electron chi connectivity index (χ0n) is 7.59. The standard InChI is InChI=1S/C10H8F4O/c11-9(6-15)5-7-2-1-3-8(4-7)10(12,13)14/h1-4,6,9H,5H2/t9-/m0/s1. The van der Waals surface area contributed by atoms with E-state index >= 15 is 0 Å². The van der Waals surface area contributed by atoms with Crippen LogP contribution < -0.4 is 0 Å². The van der Waals surface area contributed by atoms with E-state index in [9.17, 15) is 22.4 Å². The Kier molecular flexibility index (Phi) is 3.44. The first kappa shape index (κ1) is 11.7. The summed E-state index contributed by atoms with van der Waals surface area (Å²) in [6, 6.07) is 4.29. The van der Waals surface area contributed by atoms with Crippen LogP contribution in [0.5, 0.6) is 0 Å². The molecule has 0 saturated heterocycles. The lowest BCUT2D eigenvalue weighted by Crippen LogP contribution is -2.09. The molecule has 0 saturated carbocycles. The highest BCUT2D eigenvalue weighted by atomic mass is 19.4. The highest BCUT2D eigenvalue weighted by Gasteiger charge is 2.30. The summed E-state index contributed by atoms with van der Waals surface area (Å²) in [7, 11) is 0. The fourth-order valence-electron chi connectivity index (χ4n) is 1.15. The van der Waals surface area contributed by atoms with Crippen molar-refractivity contribution in [1.82, 2.24) is 0 Å². The van der Waals surface area contributed by atoms with Crippen LogP contribution in [0.15, 0.2) is 24.3 Å². The average molecular weight is 220 g/mol. The summed E-state index contributed by atoms with van der Waals surface area (Å²) >= 11 is 0. The van der Waals surface area contributed by atoms with Gasteiger partial charge in [-0.1, -0.05) is 18.2 Å². The Hall–Kier alpha value is -1.39. The molecule has 0 amide bonds. The molecule has 1 aromatic rings. The Labute approximate surface area is 83.7 Å². The topological polar surface area (TPSA) is 17.1 Å². The van der Waals surface area contributed by atoms with Crippen molar-refractivity contribution in [2.45, 2.75) is 18.8 Å². The van der Waals surface area contributed by atoms with E-state index < -0.39 is 17.9 Å². The number of rotatable bonds is 3. The predicted octanol–water partition coefficient (Wildman–Crippen LogP) is 2.78. The van der Waals surface area contributed by atoms with E-state index in [-0.39, 0.29) is 18.3 Å². The second-order valence-electron chi connectivity index (χ2n) is 3.05. The summed E-state index contributed by atoms with van der Waals surface area (Å²) in [5.74, 6) is 0. The van der Waals surface area contributed by atoms with Crippen molar-refractivity contribution in [3.05, 3.63) is 35.4 Å². The van der Waals surface area contributed by atoms with Crippen molar-refractivity contribution in [2.75, 3.05) is 0 Å². The molecule has 0 bridgehead atoms. The molecule has 0 heterocycles. The normalized spacial score (nSPS) is 13.6. The molecule has 1 rings (SSSR count). The Morgan fingerprint density at radius 1 is 1.33 bits per heavy atom. The van der Waals surface area contributed by atoms with Gasteiger partial charge >= 0.3 is 6.18 Å². The minimum Gasteiger partial charge on any atom is -0.300 e. The van der Waals surface area contributed by atoms with Crippen molar-refractivity contribution in [1.29, 1.82) is 0 Å². The highest BCUT2D eigenvalue weighted by Crippen LogP contribution is 2.29. The molecule has 0 radical (unpaired) electrons. The van der Waals surface area contributed by atoms with Gasteiger partial charge in [0.2, 0.25) is 0 Å². The summed E-state index contributed by atoms with van der Waals surface area (Å²) < 4.78 is 49.3. The van der Waals surface area contributed by atoms with E-state index in [1.165, 1.54) is 12.1 Å². The van der Waals surface area contributed by atoms with E-state index in [1.807, 2.05) is 0 Å². The van der Waals surface area contributed by atoms with Gasteiger partial charge in [0.05, 0.1) is 5.56 Å². The van der Waals surface area contributed by atoms with Crippen LogP contribution in [0.2, 0.25) is 0 Å². The van der Waals surface area contributed by atoms with E-state index in [0.29, 0.717) is 0 Å². The molecule has 1 aromatic carbocycles. The maximum Gasteiger partial charge on any atom is 0.416 e. The average Bonchev–Trinajstić information content (AvgIpc) is 2.17. The maximum atomic E-state index is 12.6. The van der Waals surface area contributed by atoms with Gasteiger partial charge in [0.15, 0.2) is 12.5 Å². The smallest absolute Gasteiger partial charge is 0.300 e. The summed E-state index contributed by atoms with van der Waals surface area (Å²) in [4.78, 5) is 9.99. The summed E-state index contributed by atoms with van der Waals surface area (Å²) in [6.07, 6.45) is -6.45. The molecular weight excluding hydrogens is 212 g/mol. The van der Waals surface area contributed by atoms with Crippen LogP contribution in [0.1, 0.15) is 11.1 Å². The molecule has 0 aliphatic carbocycles. The third-order valence-electron chi connectivity index (χ3n) is 1.83. The Bertz CT molecular complexity index is 346. The van der Waals surface area contributed by atoms with Crippen molar-refractivity contribution in [3.8, 4) is 0 Å². The highest BCUT2D eigenvalue weighted by molar-refractivity contribution is 5.56. The molecule has 1 nitrogen and oxygen atoms in total. The largest absolute Gasteiger partial charge is 0.416 e. The molecule has 82 valence electrons. The number of carbonyl (C=O) groups excluding carboxylic acids is 1. The number of carbonyl (C=O) groups is 1. The molecule has 15 heavy (non-hydrogen) atoms. The first-order valence-corrected chi connectivity index (χ1v) is 4.19. The molecule has 0 aliphatic rings. The van der Waals surface area contributed by atoms with Crippen molar-refractivity contribution in [3.63, 3.8) is 0 Å². The minimum atomic E-state index is -4.44. The van der Waals surface area contributed by atoms with Crippen LogP contribution in [0.3, 0.4) is 0 Å². The van der Waals surface area contributed by atoms with E-state index in [2.05, 4.69) is 0 Å². The number of alkyl halides is 4. The van der Waals surface area contributed by atoms with Gasteiger partial charge in [-0.15, -0.1) is 0 Å². The minimum absolute atomic E-state index is 0.0697. The molecule has 1 atom stereocenters. The molecule has 5 heteroatoms. The molecule has 0 N–H and O–H groups in total. The Morgan fingerprint density at radius 3 is 2.53 bits per heavy atom. The third kappa shape index (κ3) is 3.34. The quantitative estimate of drug-likeness (QED) is 0.565. The lowest BCUT2D eigenvalue weighted by molar-refractivity contribution is -0.137. The SMILES string of the molecule is O=C[C@@H](F)Cc1cccc(C(F)(F)F)c1. The lowest BCUT2D eigenvalue weighted by atomic mass is 10.1. The summed E-state index contributed by atoms with van der Waals surface area (Å²) in [5.41, 5.74) is -0.678. The Balaban J connectivity index is 2.88. The molecule has 0 aliphatic heterocycles. The van der Waals surface area contributed by atoms with Crippen LogP contribution >= 0.6 is 0 Å². The van der Waals surface area contributed by atoms with E-state index in [1.54, 1.807) is 0 Å². The van der Waals surface area contributed by atoms with Crippen LogP contribution in [-0.4, -0.2) is 12.5 Å². The number of hydrogen-bond acceptors (Lipinski definition) is 1. The van der Waals surface area contributed by atoms with Gasteiger partial charge in [-0.05, 0) is 11.6 Å². The van der Waals surface area contributed by atoms with Crippen molar-refractivity contribution in [2.24, 2.45) is 0 Å². The van der Waals surface area contributed by atoms with E-state index in [0.717, 1.165) is 12.1 Å². The first-order valence-electron chi connectivity index (χ1n) is 4.19. The van der Waals surface area contributed by atoms with Gasteiger partial charge in [-0.25, -0.2) is 4.39 Å². The Morgan fingerprint density at radius 2 is 2.00 bits per heavy atom. The predicted molar refractivity (Wildman–Crippen MR) is 46.1 cm³/mol. The van der Waals surface area contributed by atoms with Crippen LogP contribution in [-0.2, 0) is 17.4 Å². The first-order chi connectivity index (χ1) is 6.93. The van der Waals surface area contributed by atoms with Crippen LogP contribution in [0.4, 0.5) is 17.6 Å². The number of aldehydes is 1. The molecule has 0 aromatic heterocycles. The maximum absolute atomic E-state index is 12.6. The van der Waals surface area contributed by atoms with Gasteiger partial charge in [0.25, 0.3) is 0 Å². The fraction of sp³-hybridized carbons (Fsp3) is 0.300. The van der Waals surface area contributed by atoms with Gasteiger partial charge < -0.3 is 4.79 Å². The number of hydrogen-bond donors (Lipinski definition) is 0. The van der Waals surface area contributed by atoms with Crippen molar-refractivity contribution >= 4 is 6.29 Å². The molecular formula is C10H8F4O. The number of benzene rings is 1. The third-order valence-corrected chi connectivity index (χ3v) is 1.83. The zero-order valence-corrected chi connectivity index (χ0v) is 7.59. The lowest BCUT2D eigenvalue weighted by Gasteiger charge is -2.08. The van der Waals surface area contributed by atoms with Crippen LogP contribution in [0.25, 0.3) is 0 Å². The van der Waals surface area contributed by atoms with E-state index in [4.69, 9.17) is 0 Å². The number of halogens is 4. The molecule has 0 spiro atoms. The second-order valence-corrected chi connectivity index (χ2v) is 3.05. The summed E-state index contributed by atoms with van der Waals surface area (Å²) in [6.45, 7) is 0. The second kappa shape index (κ2) is 4.42. The fourth-order valence-corrected chi connectivity index (χ4v) is 1.15. The van der Waals surface area contributed by atoms with Gasteiger partial charge in [-0.2, -0.15) is 13.2 Å². The van der Waals surface area contributed by atoms with Gasteiger partial charge in [0.1, 0.15) is 0 Å². The molecule has 0 unspecified atom stereocenters. The summed E-state index contributed by atoms with van der Waals surface area (Å²) in [5, 5.41) is 0. The van der Waals surface area contributed by atoms with Gasteiger partial charge in [-0.3, -0.25) is 0 Å². The van der Waals surface area contributed by atoms with Crippen molar-refractivity contribution < 1.29 is 22.4 Å².